The highest BCUT2D eigenvalue weighted by Crippen LogP contribution is 2.14. The maximum atomic E-state index is 12.0. The molecule has 3 heteroatoms. The van der Waals surface area contributed by atoms with Gasteiger partial charge in [0.05, 0.1) is 5.56 Å². The Morgan fingerprint density at radius 2 is 1.94 bits per heavy atom. The molecule has 0 atom stereocenters. The van der Waals surface area contributed by atoms with Crippen LogP contribution in [0.1, 0.15) is 42.1 Å². The molecule has 0 amide bonds. The first-order valence-corrected chi connectivity index (χ1v) is 6.36. The van der Waals surface area contributed by atoms with Gasteiger partial charge in [-0.2, -0.15) is 0 Å². The van der Waals surface area contributed by atoms with Crippen molar-refractivity contribution in [3.05, 3.63) is 35.4 Å². The number of rotatable bonds is 3. The Kier molecular flexibility index (Phi) is 4.15. The number of nitrogens with zero attached hydrogens (tertiary/aromatic N) is 1. The quantitative estimate of drug-likeness (QED) is 0.804. The third-order valence-corrected chi connectivity index (χ3v) is 3.15. The van der Waals surface area contributed by atoms with Gasteiger partial charge in [-0.15, -0.1) is 5.06 Å². The van der Waals surface area contributed by atoms with Gasteiger partial charge in [0, 0.05) is 13.1 Å². The van der Waals surface area contributed by atoms with Crippen molar-refractivity contribution in [2.45, 2.75) is 32.6 Å². The van der Waals surface area contributed by atoms with E-state index in [1.54, 1.807) is 5.06 Å². The molecule has 0 aromatic heterocycles. The maximum Gasteiger partial charge on any atom is 0.357 e. The van der Waals surface area contributed by atoms with Gasteiger partial charge in [-0.1, -0.05) is 31.5 Å². The molecule has 2 rings (SSSR count). The Morgan fingerprint density at radius 3 is 2.65 bits per heavy atom. The van der Waals surface area contributed by atoms with Gasteiger partial charge in [0.1, 0.15) is 0 Å². The first-order chi connectivity index (χ1) is 8.31. The molecule has 0 aliphatic carbocycles. The van der Waals surface area contributed by atoms with Crippen molar-refractivity contribution < 1.29 is 9.63 Å². The van der Waals surface area contributed by atoms with Crippen LogP contribution in [0.25, 0.3) is 0 Å². The Labute approximate surface area is 102 Å². The zero-order valence-corrected chi connectivity index (χ0v) is 10.3. The van der Waals surface area contributed by atoms with E-state index in [1.807, 2.05) is 31.2 Å². The molecule has 0 saturated carbocycles. The molecule has 1 aliphatic heterocycles. The lowest BCUT2D eigenvalue weighted by Crippen LogP contribution is -2.32. The van der Waals surface area contributed by atoms with Crippen LogP contribution in [0.3, 0.4) is 0 Å². The first kappa shape index (κ1) is 12.1. The van der Waals surface area contributed by atoms with Gasteiger partial charge in [-0.3, -0.25) is 0 Å². The third-order valence-electron chi connectivity index (χ3n) is 3.15. The van der Waals surface area contributed by atoms with Crippen molar-refractivity contribution in [2.75, 3.05) is 13.1 Å². The standard InChI is InChI=1S/C14H19NO2/c1-2-12-8-4-5-9-13(12)14(16)17-15-10-6-3-7-11-15/h4-5,8-9H,2-3,6-7,10-11H2,1H3. The molecule has 0 bridgehead atoms. The van der Waals surface area contributed by atoms with Gasteiger partial charge in [0.2, 0.25) is 0 Å². The summed E-state index contributed by atoms with van der Waals surface area (Å²) in [6.07, 6.45) is 4.32. The topological polar surface area (TPSA) is 29.5 Å². The van der Waals surface area contributed by atoms with E-state index < -0.39 is 0 Å². The van der Waals surface area contributed by atoms with Gasteiger partial charge in [-0.05, 0) is 30.9 Å². The van der Waals surface area contributed by atoms with E-state index in [9.17, 15) is 4.79 Å². The number of piperidine rings is 1. The Morgan fingerprint density at radius 1 is 1.24 bits per heavy atom. The highest BCUT2D eigenvalue weighted by atomic mass is 16.7. The van der Waals surface area contributed by atoms with Crippen molar-refractivity contribution in [3.63, 3.8) is 0 Å². The van der Waals surface area contributed by atoms with Crippen LogP contribution in [0.5, 0.6) is 0 Å². The lowest BCUT2D eigenvalue weighted by molar-refractivity contribution is -0.119. The average molecular weight is 233 g/mol. The molecule has 0 N–H and O–H groups in total. The smallest absolute Gasteiger partial charge is 0.357 e. The fourth-order valence-electron chi connectivity index (χ4n) is 2.15. The monoisotopic (exact) mass is 233 g/mol. The van der Waals surface area contributed by atoms with Crippen LogP contribution < -0.4 is 0 Å². The molecule has 1 fully saturated rings. The summed E-state index contributed by atoms with van der Waals surface area (Å²) >= 11 is 0. The van der Waals surface area contributed by atoms with E-state index in [2.05, 4.69) is 0 Å². The van der Waals surface area contributed by atoms with Crippen LogP contribution in [0.15, 0.2) is 24.3 Å². The zero-order valence-electron chi connectivity index (χ0n) is 10.3. The van der Waals surface area contributed by atoms with Gasteiger partial charge < -0.3 is 4.84 Å². The number of hydrogen-bond donors (Lipinski definition) is 0. The van der Waals surface area contributed by atoms with Crippen molar-refractivity contribution in [3.8, 4) is 0 Å². The van der Waals surface area contributed by atoms with Crippen LogP contribution in [-0.2, 0) is 11.3 Å². The molecule has 0 radical (unpaired) electrons. The minimum atomic E-state index is -0.218. The molecule has 0 spiro atoms. The summed E-state index contributed by atoms with van der Waals surface area (Å²) in [6.45, 7) is 3.77. The summed E-state index contributed by atoms with van der Waals surface area (Å²) in [6, 6.07) is 7.65. The van der Waals surface area contributed by atoms with Gasteiger partial charge in [0.25, 0.3) is 0 Å². The van der Waals surface area contributed by atoms with Gasteiger partial charge in [-0.25, -0.2) is 4.79 Å². The van der Waals surface area contributed by atoms with E-state index in [-0.39, 0.29) is 5.97 Å². The molecule has 17 heavy (non-hydrogen) atoms. The molecule has 1 aliphatic rings. The van der Waals surface area contributed by atoms with Crippen LogP contribution in [0.2, 0.25) is 0 Å². The fraction of sp³-hybridized carbons (Fsp3) is 0.500. The van der Waals surface area contributed by atoms with Crippen LogP contribution >= 0.6 is 0 Å². The van der Waals surface area contributed by atoms with E-state index in [0.29, 0.717) is 5.56 Å². The minimum Gasteiger partial charge on any atom is -0.364 e. The molecular formula is C14H19NO2. The van der Waals surface area contributed by atoms with Crippen molar-refractivity contribution in [2.24, 2.45) is 0 Å². The Hall–Kier alpha value is -1.35. The van der Waals surface area contributed by atoms with E-state index in [0.717, 1.165) is 37.9 Å². The Balaban J connectivity index is 2.03. The fourth-order valence-corrected chi connectivity index (χ4v) is 2.15. The summed E-state index contributed by atoms with van der Waals surface area (Å²) in [5, 5.41) is 1.79. The summed E-state index contributed by atoms with van der Waals surface area (Å²) < 4.78 is 0. The molecule has 1 saturated heterocycles. The predicted molar refractivity (Wildman–Crippen MR) is 66.7 cm³/mol. The Bertz CT molecular complexity index is 384. The van der Waals surface area contributed by atoms with E-state index in [4.69, 9.17) is 4.84 Å². The second-order valence-corrected chi connectivity index (χ2v) is 4.38. The lowest BCUT2D eigenvalue weighted by atomic mass is 10.1. The summed E-state index contributed by atoms with van der Waals surface area (Å²) in [7, 11) is 0. The third kappa shape index (κ3) is 3.07. The van der Waals surface area contributed by atoms with Crippen molar-refractivity contribution >= 4 is 5.97 Å². The summed E-state index contributed by atoms with van der Waals surface area (Å²) in [5.74, 6) is -0.218. The molecule has 0 unspecified atom stereocenters. The molecule has 3 nitrogen and oxygen atoms in total. The maximum absolute atomic E-state index is 12.0. The SMILES string of the molecule is CCc1ccccc1C(=O)ON1CCCCC1. The molecule has 1 aromatic carbocycles. The highest BCUT2D eigenvalue weighted by Gasteiger charge is 2.17. The molecular weight excluding hydrogens is 214 g/mol. The molecule has 1 heterocycles. The van der Waals surface area contributed by atoms with E-state index >= 15 is 0 Å². The second kappa shape index (κ2) is 5.82. The van der Waals surface area contributed by atoms with Crippen LogP contribution in [0, 0.1) is 0 Å². The number of hydroxylamine groups is 2. The summed E-state index contributed by atoms with van der Waals surface area (Å²) in [5.41, 5.74) is 1.75. The highest BCUT2D eigenvalue weighted by molar-refractivity contribution is 5.90. The van der Waals surface area contributed by atoms with Gasteiger partial charge in [0.15, 0.2) is 0 Å². The van der Waals surface area contributed by atoms with Crippen molar-refractivity contribution in [1.29, 1.82) is 0 Å². The van der Waals surface area contributed by atoms with Crippen molar-refractivity contribution in [1.82, 2.24) is 5.06 Å². The molecule has 92 valence electrons. The van der Waals surface area contributed by atoms with Crippen LogP contribution in [0.4, 0.5) is 0 Å². The average Bonchev–Trinajstić information content (AvgIpc) is 2.40. The van der Waals surface area contributed by atoms with Crippen LogP contribution in [-0.4, -0.2) is 24.1 Å². The number of carbonyl (C=O) groups is 1. The van der Waals surface area contributed by atoms with Gasteiger partial charge >= 0.3 is 5.97 Å². The normalized spacial score (nSPS) is 16.8. The number of aryl methyl sites for hydroxylation is 1. The lowest BCUT2D eigenvalue weighted by Gasteiger charge is -2.25. The number of carbonyl (C=O) groups excluding carboxylic acids is 1. The second-order valence-electron chi connectivity index (χ2n) is 4.38. The largest absolute Gasteiger partial charge is 0.364 e. The minimum absolute atomic E-state index is 0.218. The number of benzene rings is 1. The van der Waals surface area contributed by atoms with E-state index in [1.165, 1.54) is 6.42 Å². The summed E-state index contributed by atoms with van der Waals surface area (Å²) in [4.78, 5) is 17.4. The zero-order chi connectivity index (χ0) is 12.1. The molecule has 1 aromatic rings. The predicted octanol–water partition coefficient (Wildman–Crippen LogP) is 2.81. The first-order valence-electron chi connectivity index (χ1n) is 6.36. The number of hydrogen-bond acceptors (Lipinski definition) is 3.